The summed E-state index contributed by atoms with van der Waals surface area (Å²) in [5, 5.41) is 0. The molecule has 4 nitrogen and oxygen atoms in total. The number of hydrogen-bond donors (Lipinski definition) is 0. The molecule has 4 atom stereocenters. The highest BCUT2D eigenvalue weighted by Gasteiger charge is 2.43. The van der Waals surface area contributed by atoms with Crippen LogP contribution in [0.3, 0.4) is 0 Å². The predicted octanol–water partition coefficient (Wildman–Crippen LogP) is 4.76. The zero-order chi connectivity index (χ0) is 19.3. The Labute approximate surface area is 157 Å². The SMILES string of the molecule is CC(=O)O[C@@H]1C/C(C)=C/C/C=C2/C(=O)OC[C@H]2[C@@H]1[C@H](C)CCC=C(C)C. The van der Waals surface area contributed by atoms with Gasteiger partial charge in [-0.3, -0.25) is 4.79 Å². The van der Waals surface area contributed by atoms with Crippen molar-refractivity contribution >= 4 is 11.9 Å². The van der Waals surface area contributed by atoms with Gasteiger partial charge in [0.25, 0.3) is 0 Å². The maximum absolute atomic E-state index is 12.2. The second kappa shape index (κ2) is 9.20. The number of hydrogen-bond acceptors (Lipinski definition) is 4. The van der Waals surface area contributed by atoms with Crippen molar-refractivity contribution < 1.29 is 19.1 Å². The van der Waals surface area contributed by atoms with Crippen molar-refractivity contribution in [3.05, 3.63) is 34.9 Å². The monoisotopic (exact) mass is 360 g/mol. The summed E-state index contributed by atoms with van der Waals surface area (Å²) in [6, 6.07) is 0. The van der Waals surface area contributed by atoms with Crippen LogP contribution in [-0.4, -0.2) is 24.6 Å². The van der Waals surface area contributed by atoms with Gasteiger partial charge in [0.05, 0.1) is 6.61 Å². The highest BCUT2D eigenvalue weighted by atomic mass is 16.5. The largest absolute Gasteiger partial charge is 0.462 e. The van der Waals surface area contributed by atoms with Crippen LogP contribution < -0.4 is 0 Å². The smallest absolute Gasteiger partial charge is 0.334 e. The van der Waals surface area contributed by atoms with Crippen LogP contribution in [0.25, 0.3) is 0 Å². The van der Waals surface area contributed by atoms with Gasteiger partial charge in [0, 0.05) is 30.8 Å². The summed E-state index contributed by atoms with van der Waals surface area (Å²) in [5.74, 6) is -0.106. The van der Waals surface area contributed by atoms with Gasteiger partial charge in [0.15, 0.2) is 0 Å². The van der Waals surface area contributed by atoms with E-state index < -0.39 is 0 Å². The molecule has 26 heavy (non-hydrogen) atoms. The molecule has 0 unspecified atom stereocenters. The van der Waals surface area contributed by atoms with E-state index in [0.29, 0.717) is 18.9 Å². The Bertz CT molecular complexity index is 622. The minimum Gasteiger partial charge on any atom is -0.462 e. The fourth-order valence-electron chi connectivity index (χ4n) is 4.15. The van der Waals surface area contributed by atoms with Gasteiger partial charge in [0.2, 0.25) is 0 Å². The Morgan fingerprint density at radius 2 is 2.08 bits per heavy atom. The van der Waals surface area contributed by atoms with Crippen LogP contribution in [0.1, 0.15) is 60.3 Å². The molecule has 0 bridgehead atoms. The van der Waals surface area contributed by atoms with E-state index in [9.17, 15) is 9.59 Å². The lowest BCUT2D eigenvalue weighted by Gasteiger charge is -2.35. The first kappa shape index (κ1) is 20.5. The molecule has 0 aromatic heterocycles. The van der Waals surface area contributed by atoms with E-state index >= 15 is 0 Å². The number of carbonyl (C=O) groups excluding carboxylic acids is 2. The molecule has 0 aromatic carbocycles. The summed E-state index contributed by atoms with van der Waals surface area (Å²) in [7, 11) is 0. The highest BCUT2D eigenvalue weighted by Crippen LogP contribution is 2.40. The maximum atomic E-state index is 12.2. The Kier molecular flexibility index (Phi) is 7.24. The number of ether oxygens (including phenoxy) is 2. The molecule has 0 saturated carbocycles. The van der Waals surface area contributed by atoms with E-state index in [1.165, 1.54) is 18.1 Å². The Morgan fingerprint density at radius 3 is 2.73 bits per heavy atom. The molecule has 0 radical (unpaired) electrons. The summed E-state index contributed by atoms with van der Waals surface area (Å²) < 4.78 is 11.1. The minimum atomic E-state index is -0.265. The quantitative estimate of drug-likeness (QED) is 0.524. The van der Waals surface area contributed by atoms with E-state index in [4.69, 9.17) is 9.47 Å². The first-order valence-electron chi connectivity index (χ1n) is 9.63. The summed E-state index contributed by atoms with van der Waals surface area (Å²) in [5.41, 5.74) is 3.26. The Hall–Kier alpha value is -1.84. The predicted molar refractivity (Wildman–Crippen MR) is 102 cm³/mol. The molecular weight excluding hydrogens is 328 g/mol. The number of rotatable bonds is 5. The number of carbonyl (C=O) groups is 2. The normalized spacial score (nSPS) is 31.0. The zero-order valence-electron chi connectivity index (χ0n) is 16.7. The van der Waals surface area contributed by atoms with Gasteiger partial charge in [0.1, 0.15) is 6.10 Å². The molecule has 1 heterocycles. The van der Waals surface area contributed by atoms with Crippen LogP contribution in [0, 0.1) is 17.8 Å². The van der Waals surface area contributed by atoms with Gasteiger partial charge < -0.3 is 9.47 Å². The number of fused-ring (bicyclic) bond motifs is 1. The highest BCUT2D eigenvalue weighted by molar-refractivity contribution is 5.91. The second-order valence-electron chi connectivity index (χ2n) is 7.92. The van der Waals surface area contributed by atoms with Gasteiger partial charge in [-0.15, -0.1) is 0 Å². The van der Waals surface area contributed by atoms with E-state index in [0.717, 1.165) is 24.8 Å². The molecule has 0 N–H and O–H groups in total. The lowest BCUT2D eigenvalue weighted by atomic mass is 9.73. The third-order valence-corrected chi connectivity index (χ3v) is 5.40. The average Bonchev–Trinajstić information content (AvgIpc) is 2.89. The first-order chi connectivity index (χ1) is 12.3. The third-order valence-electron chi connectivity index (χ3n) is 5.40. The molecule has 4 heteroatoms. The Morgan fingerprint density at radius 1 is 1.35 bits per heavy atom. The van der Waals surface area contributed by atoms with Crippen LogP contribution in [0.2, 0.25) is 0 Å². The average molecular weight is 360 g/mol. The van der Waals surface area contributed by atoms with Crippen molar-refractivity contribution in [1.82, 2.24) is 0 Å². The lowest BCUT2D eigenvalue weighted by Crippen LogP contribution is -2.37. The van der Waals surface area contributed by atoms with E-state index in [2.05, 4.69) is 39.8 Å². The molecular formula is C22H32O4. The van der Waals surface area contributed by atoms with Crippen LogP contribution in [0.15, 0.2) is 34.9 Å². The van der Waals surface area contributed by atoms with Crippen LogP contribution in [-0.2, 0) is 19.1 Å². The lowest BCUT2D eigenvalue weighted by molar-refractivity contribution is -0.151. The van der Waals surface area contributed by atoms with Crippen molar-refractivity contribution in [1.29, 1.82) is 0 Å². The van der Waals surface area contributed by atoms with Crippen LogP contribution >= 0.6 is 0 Å². The minimum absolute atomic E-state index is 0.00662. The molecule has 1 fully saturated rings. The summed E-state index contributed by atoms with van der Waals surface area (Å²) in [6.07, 6.45) is 9.53. The third kappa shape index (κ3) is 5.33. The van der Waals surface area contributed by atoms with Crippen LogP contribution in [0.5, 0.6) is 0 Å². The number of esters is 2. The fourth-order valence-corrected chi connectivity index (χ4v) is 4.15. The number of cyclic esters (lactones) is 1. The van der Waals surface area contributed by atoms with Gasteiger partial charge in [-0.25, -0.2) is 4.79 Å². The van der Waals surface area contributed by atoms with Crippen molar-refractivity contribution in [2.45, 2.75) is 66.4 Å². The van der Waals surface area contributed by atoms with Gasteiger partial charge in [-0.1, -0.05) is 36.3 Å². The molecule has 2 aliphatic rings. The summed E-state index contributed by atoms with van der Waals surface area (Å²) in [4.78, 5) is 24.0. The second-order valence-corrected chi connectivity index (χ2v) is 7.92. The van der Waals surface area contributed by atoms with Gasteiger partial charge >= 0.3 is 11.9 Å². The van der Waals surface area contributed by atoms with Crippen molar-refractivity contribution in [3.8, 4) is 0 Å². The van der Waals surface area contributed by atoms with E-state index in [1.54, 1.807) is 0 Å². The fraction of sp³-hybridized carbons (Fsp3) is 0.636. The van der Waals surface area contributed by atoms with Gasteiger partial charge in [-0.2, -0.15) is 0 Å². The molecule has 1 saturated heterocycles. The van der Waals surface area contributed by atoms with E-state index in [1.807, 2.05) is 6.08 Å². The molecule has 0 spiro atoms. The van der Waals surface area contributed by atoms with Gasteiger partial charge in [-0.05, 0) is 46.0 Å². The van der Waals surface area contributed by atoms with E-state index in [-0.39, 0.29) is 29.9 Å². The van der Waals surface area contributed by atoms with Crippen molar-refractivity contribution in [3.63, 3.8) is 0 Å². The summed E-state index contributed by atoms with van der Waals surface area (Å²) in [6.45, 7) is 10.3. The zero-order valence-corrected chi connectivity index (χ0v) is 16.7. The topological polar surface area (TPSA) is 52.6 Å². The molecule has 144 valence electrons. The molecule has 0 amide bonds. The Balaban J connectivity index is 2.35. The first-order valence-corrected chi connectivity index (χ1v) is 9.63. The molecule has 1 aliphatic heterocycles. The maximum Gasteiger partial charge on any atom is 0.334 e. The van der Waals surface area contributed by atoms with Crippen molar-refractivity contribution in [2.24, 2.45) is 17.8 Å². The number of allylic oxidation sites excluding steroid dienone is 4. The standard InChI is InChI=1S/C22H32O4/c1-14(2)8-6-10-16(4)21-19-13-25-22(24)18(19)11-7-9-15(3)12-20(21)26-17(5)23/h8-9,11,16,19-21H,6-7,10,12-13H2,1-5H3/b15-9+,18-11+/t16-,19-,20-,21+/m1/s1. The van der Waals surface area contributed by atoms with Crippen molar-refractivity contribution in [2.75, 3.05) is 6.61 Å². The molecule has 2 rings (SSSR count). The summed E-state index contributed by atoms with van der Waals surface area (Å²) >= 11 is 0. The van der Waals surface area contributed by atoms with Crippen LogP contribution in [0.4, 0.5) is 0 Å². The molecule has 1 aliphatic carbocycles. The molecule has 0 aromatic rings.